The predicted octanol–water partition coefficient (Wildman–Crippen LogP) is 1.03. The molecule has 0 aromatic carbocycles. The third kappa shape index (κ3) is 1.79. The highest BCUT2D eigenvalue weighted by atomic mass is 15.2. The Morgan fingerprint density at radius 3 is 3.07 bits per heavy atom. The SMILES string of the molecule is CN1CC(CN)C[C@H]1c1cccnc1. The number of aromatic nitrogens is 1. The van der Waals surface area contributed by atoms with Gasteiger partial charge in [-0.15, -0.1) is 0 Å². The largest absolute Gasteiger partial charge is 0.330 e. The summed E-state index contributed by atoms with van der Waals surface area (Å²) >= 11 is 0. The fourth-order valence-corrected chi connectivity index (χ4v) is 2.24. The highest BCUT2D eigenvalue weighted by Crippen LogP contribution is 2.32. The molecule has 0 amide bonds. The van der Waals surface area contributed by atoms with E-state index < -0.39 is 0 Å². The number of likely N-dealkylation sites (tertiary alicyclic amines) is 1. The van der Waals surface area contributed by atoms with E-state index in [9.17, 15) is 0 Å². The summed E-state index contributed by atoms with van der Waals surface area (Å²) in [6.07, 6.45) is 4.94. The van der Waals surface area contributed by atoms with E-state index in [4.69, 9.17) is 5.73 Å². The van der Waals surface area contributed by atoms with Crippen molar-refractivity contribution in [3.8, 4) is 0 Å². The quantitative estimate of drug-likeness (QED) is 0.759. The number of rotatable bonds is 2. The average Bonchev–Trinajstić information content (AvgIpc) is 2.61. The zero-order valence-corrected chi connectivity index (χ0v) is 8.56. The van der Waals surface area contributed by atoms with E-state index >= 15 is 0 Å². The van der Waals surface area contributed by atoms with E-state index in [0.717, 1.165) is 13.1 Å². The third-order valence-corrected chi connectivity index (χ3v) is 3.04. The lowest BCUT2D eigenvalue weighted by atomic mass is 10.0. The van der Waals surface area contributed by atoms with Crippen molar-refractivity contribution in [3.05, 3.63) is 30.1 Å². The van der Waals surface area contributed by atoms with Gasteiger partial charge in [0.1, 0.15) is 0 Å². The molecule has 76 valence electrons. The van der Waals surface area contributed by atoms with E-state index in [-0.39, 0.29) is 0 Å². The van der Waals surface area contributed by atoms with Crippen LogP contribution in [0.4, 0.5) is 0 Å². The zero-order chi connectivity index (χ0) is 9.97. The molecule has 2 heterocycles. The molecule has 1 aromatic rings. The fraction of sp³-hybridized carbons (Fsp3) is 0.545. The van der Waals surface area contributed by atoms with Gasteiger partial charge in [-0.1, -0.05) is 6.07 Å². The van der Waals surface area contributed by atoms with Crippen LogP contribution in [0.25, 0.3) is 0 Å². The van der Waals surface area contributed by atoms with Gasteiger partial charge in [0.15, 0.2) is 0 Å². The van der Waals surface area contributed by atoms with Crippen LogP contribution in [0.15, 0.2) is 24.5 Å². The minimum Gasteiger partial charge on any atom is -0.330 e. The molecule has 1 saturated heterocycles. The van der Waals surface area contributed by atoms with Crippen LogP contribution in [0.2, 0.25) is 0 Å². The molecule has 1 unspecified atom stereocenters. The molecule has 3 heteroatoms. The second kappa shape index (κ2) is 4.07. The van der Waals surface area contributed by atoms with Crippen molar-refractivity contribution in [1.82, 2.24) is 9.88 Å². The Hall–Kier alpha value is -0.930. The Morgan fingerprint density at radius 1 is 1.64 bits per heavy atom. The predicted molar refractivity (Wildman–Crippen MR) is 56.8 cm³/mol. The second-order valence-electron chi connectivity index (χ2n) is 4.08. The number of nitrogens with zero attached hydrogens (tertiary/aromatic N) is 2. The third-order valence-electron chi connectivity index (χ3n) is 3.04. The van der Waals surface area contributed by atoms with Gasteiger partial charge in [-0.2, -0.15) is 0 Å². The molecule has 0 aliphatic carbocycles. The van der Waals surface area contributed by atoms with Crippen LogP contribution in [0.1, 0.15) is 18.0 Å². The number of hydrogen-bond donors (Lipinski definition) is 1. The Bertz CT molecular complexity index is 286. The molecule has 1 fully saturated rings. The van der Waals surface area contributed by atoms with E-state index in [1.165, 1.54) is 12.0 Å². The first-order valence-electron chi connectivity index (χ1n) is 5.11. The van der Waals surface area contributed by atoms with Gasteiger partial charge in [0.2, 0.25) is 0 Å². The monoisotopic (exact) mass is 191 g/mol. The van der Waals surface area contributed by atoms with Crippen molar-refractivity contribution in [2.24, 2.45) is 11.7 Å². The van der Waals surface area contributed by atoms with E-state index in [0.29, 0.717) is 12.0 Å². The highest BCUT2D eigenvalue weighted by Gasteiger charge is 2.29. The van der Waals surface area contributed by atoms with E-state index in [1.54, 1.807) is 0 Å². The van der Waals surface area contributed by atoms with Crippen LogP contribution in [0.3, 0.4) is 0 Å². The Kier molecular flexibility index (Phi) is 2.79. The zero-order valence-electron chi connectivity index (χ0n) is 8.56. The van der Waals surface area contributed by atoms with Crippen molar-refractivity contribution < 1.29 is 0 Å². The van der Waals surface area contributed by atoms with Gasteiger partial charge in [-0.3, -0.25) is 9.88 Å². The minimum atomic E-state index is 0.511. The maximum absolute atomic E-state index is 5.69. The summed E-state index contributed by atoms with van der Waals surface area (Å²) < 4.78 is 0. The van der Waals surface area contributed by atoms with E-state index in [2.05, 4.69) is 23.0 Å². The molecule has 2 rings (SSSR count). The smallest absolute Gasteiger partial charge is 0.0364 e. The van der Waals surface area contributed by atoms with Crippen LogP contribution < -0.4 is 5.73 Å². The molecule has 0 saturated carbocycles. The lowest BCUT2D eigenvalue weighted by molar-refractivity contribution is 0.313. The lowest BCUT2D eigenvalue weighted by Gasteiger charge is -2.18. The van der Waals surface area contributed by atoms with Gasteiger partial charge in [0.25, 0.3) is 0 Å². The Labute approximate surface area is 84.9 Å². The molecule has 0 spiro atoms. The minimum absolute atomic E-state index is 0.511. The van der Waals surface area contributed by atoms with Gasteiger partial charge in [0, 0.05) is 25.0 Å². The Balaban J connectivity index is 2.13. The summed E-state index contributed by atoms with van der Waals surface area (Å²) in [7, 11) is 2.16. The van der Waals surface area contributed by atoms with Crippen molar-refractivity contribution in [3.63, 3.8) is 0 Å². The molecular formula is C11H17N3. The van der Waals surface area contributed by atoms with Crippen molar-refractivity contribution in [1.29, 1.82) is 0 Å². The summed E-state index contributed by atoms with van der Waals surface area (Å²) in [4.78, 5) is 6.53. The Morgan fingerprint density at radius 2 is 2.50 bits per heavy atom. The number of pyridine rings is 1. The molecule has 1 aliphatic heterocycles. The summed E-state index contributed by atoms with van der Waals surface area (Å²) in [5.74, 6) is 0.644. The fourth-order valence-electron chi connectivity index (χ4n) is 2.24. The normalized spacial score (nSPS) is 28.1. The first-order valence-corrected chi connectivity index (χ1v) is 5.11. The van der Waals surface area contributed by atoms with Gasteiger partial charge in [-0.05, 0) is 37.6 Å². The molecule has 0 bridgehead atoms. The van der Waals surface area contributed by atoms with Crippen molar-refractivity contribution in [2.45, 2.75) is 12.5 Å². The molecule has 14 heavy (non-hydrogen) atoms. The maximum Gasteiger partial charge on any atom is 0.0364 e. The van der Waals surface area contributed by atoms with Crippen LogP contribution >= 0.6 is 0 Å². The van der Waals surface area contributed by atoms with Crippen LogP contribution in [-0.2, 0) is 0 Å². The summed E-state index contributed by atoms with van der Waals surface area (Å²) in [5.41, 5.74) is 7.01. The molecule has 2 atom stereocenters. The molecule has 2 N–H and O–H groups in total. The van der Waals surface area contributed by atoms with Gasteiger partial charge < -0.3 is 5.73 Å². The molecule has 0 radical (unpaired) electrons. The first kappa shape index (κ1) is 9.62. The van der Waals surface area contributed by atoms with Crippen LogP contribution in [0, 0.1) is 5.92 Å². The summed E-state index contributed by atoms with van der Waals surface area (Å²) in [5, 5.41) is 0. The van der Waals surface area contributed by atoms with E-state index in [1.807, 2.05) is 18.5 Å². The average molecular weight is 191 g/mol. The summed E-state index contributed by atoms with van der Waals surface area (Å²) in [6, 6.07) is 4.66. The van der Waals surface area contributed by atoms with Gasteiger partial charge in [0.05, 0.1) is 0 Å². The van der Waals surface area contributed by atoms with Gasteiger partial charge in [-0.25, -0.2) is 0 Å². The maximum atomic E-state index is 5.69. The summed E-state index contributed by atoms with van der Waals surface area (Å²) in [6.45, 7) is 1.90. The molecular weight excluding hydrogens is 174 g/mol. The number of hydrogen-bond acceptors (Lipinski definition) is 3. The van der Waals surface area contributed by atoms with Crippen molar-refractivity contribution >= 4 is 0 Å². The van der Waals surface area contributed by atoms with Gasteiger partial charge >= 0.3 is 0 Å². The van der Waals surface area contributed by atoms with Crippen LogP contribution in [-0.4, -0.2) is 30.0 Å². The first-order chi connectivity index (χ1) is 6.81. The highest BCUT2D eigenvalue weighted by molar-refractivity contribution is 5.15. The standard InChI is InChI=1S/C11H17N3/c1-14-8-9(6-12)5-11(14)10-3-2-4-13-7-10/h2-4,7,9,11H,5-6,8,12H2,1H3/t9?,11-/m0/s1. The second-order valence-corrected chi connectivity index (χ2v) is 4.08. The topological polar surface area (TPSA) is 42.1 Å². The molecule has 1 aromatic heterocycles. The number of nitrogens with two attached hydrogens (primary N) is 1. The molecule has 1 aliphatic rings. The lowest BCUT2D eigenvalue weighted by Crippen LogP contribution is -2.20. The van der Waals surface area contributed by atoms with Crippen molar-refractivity contribution in [2.75, 3.05) is 20.1 Å². The molecule has 3 nitrogen and oxygen atoms in total. The van der Waals surface area contributed by atoms with Crippen LogP contribution in [0.5, 0.6) is 0 Å².